The number of aromatic nitrogens is 2. The van der Waals surface area contributed by atoms with Gasteiger partial charge in [-0.05, 0) is 29.8 Å². The van der Waals surface area contributed by atoms with Crippen LogP contribution in [0, 0.1) is 0 Å². The lowest BCUT2D eigenvalue weighted by Crippen LogP contribution is -2.31. The quantitative estimate of drug-likeness (QED) is 0.647. The summed E-state index contributed by atoms with van der Waals surface area (Å²) in [6.07, 6.45) is 0.278. The Labute approximate surface area is 158 Å². The number of fused-ring (bicyclic) bond motifs is 4. The van der Waals surface area contributed by atoms with Gasteiger partial charge in [0.25, 0.3) is 0 Å². The van der Waals surface area contributed by atoms with Gasteiger partial charge in [0, 0.05) is 17.6 Å². The van der Waals surface area contributed by atoms with E-state index in [9.17, 15) is 4.79 Å². The SMILES string of the molecule is O=C(Cc1cc2c(cc1Br)OCCO2)N1CCn2c1nc1ccccc12. The fraction of sp³-hybridized carbons (Fsp3) is 0.263. The molecule has 0 saturated heterocycles. The molecule has 0 unspecified atom stereocenters. The zero-order chi connectivity index (χ0) is 17.7. The van der Waals surface area contributed by atoms with E-state index >= 15 is 0 Å². The minimum Gasteiger partial charge on any atom is -0.486 e. The van der Waals surface area contributed by atoms with Crippen molar-refractivity contribution in [3.05, 3.63) is 46.4 Å². The highest BCUT2D eigenvalue weighted by molar-refractivity contribution is 9.10. The van der Waals surface area contributed by atoms with Crippen molar-refractivity contribution in [1.82, 2.24) is 9.55 Å². The van der Waals surface area contributed by atoms with Crippen LogP contribution in [0.25, 0.3) is 11.0 Å². The zero-order valence-electron chi connectivity index (χ0n) is 13.9. The zero-order valence-corrected chi connectivity index (χ0v) is 15.5. The van der Waals surface area contributed by atoms with Crippen LogP contribution in [0.1, 0.15) is 5.56 Å². The van der Waals surface area contributed by atoms with Crippen LogP contribution in [0.2, 0.25) is 0 Å². The van der Waals surface area contributed by atoms with Gasteiger partial charge in [-0.25, -0.2) is 4.98 Å². The summed E-state index contributed by atoms with van der Waals surface area (Å²) in [5.74, 6) is 2.15. The molecule has 0 spiro atoms. The van der Waals surface area contributed by atoms with E-state index < -0.39 is 0 Å². The van der Waals surface area contributed by atoms with Crippen LogP contribution in [0.5, 0.6) is 11.5 Å². The van der Waals surface area contributed by atoms with Crippen LogP contribution < -0.4 is 14.4 Å². The van der Waals surface area contributed by atoms with Crippen molar-refractivity contribution in [1.29, 1.82) is 0 Å². The molecule has 3 heterocycles. The van der Waals surface area contributed by atoms with Crippen molar-refractivity contribution < 1.29 is 14.3 Å². The Balaban J connectivity index is 1.44. The lowest BCUT2D eigenvalue weighted by Gasteiger charge is -2.20. The largest absolute Gasteiger partial charge is 0.486 e. The number of imidazole rings is 1. The average Bonchev–Trinajstić information content (AvgIpc) is 3.21. The first-order valence-electron chi connectivity index (χ1n) is 8.54. The maximum absolute atomic E-state index is 13.0. The van der Waals surface area contributed by atoms with Crippen LogP contribution in [0.15, 0.2) is 40.9 Å². The lowest BCUT2D eigenvalue weighted by atomic mass is 10.1. The summed E-state index contributed by atoms with van der Waals surface area (Å²) in [5, 5.41) is 0. The van der Waals surface area contributed by atoms with Gasteiger partial charge in [0.2, 0.25) is 11.9 Å². The summed E-state index contributed by atoms with van der Waals surface area (Å²) >= 11 is 3.55. The Hall–Kier alpha value is -2.54. The van der Waals surface area contributed by atoms with Crippen LogP contribution in [-0.4, -0.2) is 35.2 Å². The molecule has 7 heteroatoms. The van der Waals surface area contributed by atoms with Crippen molar-refractivity contribution in [2.75, 3.05) is 24.7 Å². The number of anilines is 1. The van der Waals surface area contributed by atoms with Crippen molar-refractivity contribution in [2.45, 2.75) is 13.0 Å². The third kappa shape index (κ3) is 2.46. The topological polar surface area (TPSA) is 56.6 Å². The maximum Gasteiger partial charge on any atom is 0.233 e. The Bertz CT molecular complexity index is 1030. The van der Waals surface area contributed by atoms with Crippen LogP contribution in [-0.2, 0) is 17.8 Å². The number of carbonyl (C=O) groups is 1. The molecule has 0 saturated carbocycles. The highest BCUT2D eigenvalue weighted by Gasteiger charge is 2.29. The van der Waals surface area contributed by atoms with Gasteiger partial charge in [0.05, 0.1) is 17.5 Å². The smallest absolute Gasteiger partial charge is 0.233 e. The molecule has 0 radical (unpaired) electrons. The molecule has 26 heavy (non-hydrogen) atoms. The maximum atomic E-state index is 13.0. The van der Waals surface area contributed by atoms with Gasteiger partial charge < -0.3 is 14.0 Å². The summed E-state index contributed by atoms with van der Waals surface area (Å²) in [4.78, 5) is 19.4. The summed E-state index contributed by atoms with van der Waals surface area (Å²) in [5.41, 5.74) is 2.87. The van der Waals surface area contributed by atoms with E-state index in [1.165, 1.54) is 0 Å². The monoisotopic (exact) mass is 413 g/mol. The first kappa shape index (κ1) is 15.7. The van der Waals surface area contributed by atoms with Gasteiger partial charge >= 0.3 is 0 Å². The van der Waals surface area contributed by atoms with E-state index in [2.05, 4.69) is 25.5 Å². The average molecular weight is 414 g/mol. The number of nitrogens with zero attached hydrogens (tertiary/aromatic N) is 3. The first-order chi connectivity index (χ1) is 12.7. The fourth-order valence-electron chi connectivity index (χ4n) is 3.53. The molecule has 6 nitrogen and oxygen atoms in total. The normalized spacial score (nSPS) is 15.3. The summed E-state index contributed by atoms with van der Waals surface area (Å²) in [6.45, 7) is 2.48. The number of benzene rings is 2. The second-order valence-corrected chi connectivity index (χ2v) is 7.22. The van der Waals surface area contributed by atoms with Crippen LogP contribution in [0.4, 0.5) is 5.95 Å². The van der Waals surface area contributed by atoms with Gasteiger partial charge in [0.1, 0.15) is 13.2 Å². The van der Waals surface area contributed by atoms with Crippen LogP contribution in [0.3, 0.4) is 0 Å². The molecule has 2 aliphatic heterocycles. The van der Waals surface area contributed by atoms with E-state index in [1.807, 2.05) is 36.4 Å². The van der Waals surface area contributed by atoms with Crippen molar-refractivity contribution in [2.24, 2.45) is 0 Å². The molecule has 0 bridgehead atoms. The number of hydrogen-bond donors (Lipinski definition) is 0. The lowest BCUT2D eigenvalue weighted by molar-refractivity contribution is -0.117. The molecule has 1 amide bonds. The van der Waals surface area contributed by atoms with E-state index in [0.29, 0.717) is 31.3 Å². The molecule has 132 valence electrons. The highest BCUT2D eigenvalue weighted by Crippen LogP contribution is 2.36. The first-order valence-corrected chi connectivity index (χ1v) is 9.33. The van der Waals surface area contributed by atoms with Crippen molar-refractivity contribution >= 4 is 38.8 Å². The Morgan fingerprint density at radius 1 is 1.12 bits per heavy atom. The highest BCUT2D eigenvalue weighted by atomic mass is 79.9. The predicted molar refractivity (Wildman–Crippen MR) is 101 cm³/mol. The van der Waals surface area contributed by atoms with E-state index in [-0.39, 0.29) is 12.3 Å². The summed E-state index contributed by atoms with van der Waals surface area (Å²) < 4.78 is 14.2. The molecule has 0 aliphatic carbocycles. The second-order valence-electron chi connectivity index (χ2n) is 6.36. The minimum absolute atomic E-state index is 0.0245. The molecule has 5 rings (SSSR count). The molecule has 3 aromatic rings. The molecule has 1 aromatic heterocycles. The Morgan fingerprint density at radius 3 is 2.73 bits per heavy atom. The molecule has 0 N–H and O–H groups in total. The Morgan fingerprint density at radius 2 is 1.88 bits per heavy atom. The van der Waals surface area contributed by atoms with Gasteiger partial charge in [0.15, 0.2) is 11.5 Å². The minimum atomic E-state index is 0.0245. The standard InChI is InChI=1S/C19H16BrN3O3/c20-13-11-17-16(25-7-8-26-17)9-12(13)10-18(24)23-6-5-22-15-4-2-1-3-14(15)21-19(22)23/h1-4,9,11H,5-8,10H2. The summed E-state index contributed by atoms with van der Waals surface area (Å²) in [7, 11) is 0. The molecule has 0 atom stereocenters. The molecule has 2 aliphatic rings. The number of hydrogen-bond acceptors (Lipinski definition) is 4. The number of ether oxygens (including phenoxy) is 2. The third-order valence-electron chi connectivity index (χ3n) is 4.78. The van der Waals surface area contributed by atoms with Crippen molar-refractivity contribution in [3.63, 3.8) is 0 Å². The molecular formula is C19H16BrN3O3. The molecule has 0 fully saturated rings. The summed E-state index contributed by atoms with van der Waals surface area (Å²) in [6, 6.07) is 11.7. The van der Waals surface area contributed by atoms with Crippen LogP contribution >= 0.6 is 15.9 Å². The number of carbonyl (C=O) groups excluding carboxylic acids is 1. The third-order valence-corrected chi connectivity index (χ3v) is 5.52. The molecular weight excluding hydrogens is 398 g/mol. The molecule has 2 aromatic carbocycles. The van der Waals surface area contributed by atoms with E-state index in [1.54, 1.807) is 4.90 Å². The second kappa shape index (κ2) is 6.02. The Kier molecular flexibility index (Phi) is 3.63. The van der Waals surface area contributed by atoms with Gasteiger partial charge in [-0.2, -0.15) is 0 Å². The number of para-hydroxylation sites is 2. The van der Waals surface area contributed by atoms with Gasteiger partial charge in [-0.15, -0.1) is 0 Å². The van der Waals surface area contributed by atoms with E-state index in [4.69, 9.17) is 9.47 Å². The number of halogens is 1. The predicted octanol–water partition coefficient (Wildman–Crippen LogP) is 3.16. The van der Waals surface area contributed by atoms with Gasteiger partial charge in [-0.3, -0.25) is 9.69 Å². The van der Waals surface area contributed by atoms with E-state index in [0.717, 1.165) is 33.6 Å². The number of amides is 1. The van der Waals surface area contributed by atoms with Gasteiger partial charge in [-0.1, -0.05) is 28.1 Å². The number of rotatable bonds is 2. The fourth-order valence-corrected chi connectivity index (χ4v) is 3.99. The van der Waals surface area contributed by atoms with Crippen molar-refractivity contribution in [3.8, 4) is 11.5 Å².